The third kappa shape index (κ3) is 4.60. The molecule has 30 heavy (non-hydrogen) atoms. The molecule has 1 aliphatic heterocycles. The summed E-state index contributed by atoms with van der Waals surface area (Å²) in [6.07, 6.45) is -3.35. The fourth-order valence-electron chi connectivity index (χ4n) is 4.04. The van der Waals surface area contributed by atoms with Crippen molar-refractivity contribution < 1.29 is 26.5 Å². The summed E-state index contributed by atoms with van der Waals surface area (Å²) in [6.45, 7) is 5.68. The number of hydrogen-bond acceptors (Lipinski definition) is 3. The molecule has 10 heteroatoms. The molecule has 0 bridgehead atoms. The second kappa shape index (κ2) is 8.39. The van der Waals surface area contributed by atoms with Gasteiger partial charge in [-0.3, -0.25) is 4.90 Å². The lowest BCUT2D eigenvalue weighted by molar-refractivity contribution is -0.200. The highest BCUT2D eigenvalue weighted by atomic mass is 35.5. The molecule has 0 radical (unpaired) electrons. The average Bonchev–Trinajstić information content (AvgIpc) is 3.46. The van der Waals surface area contributed by atoms with E-state index in [1.807, 2.05) is 0 Å². The Kier molecular flexibility index (Phi) is 6.72. The topological polar surface area (TPSA) is 38.3 Å². The number of alkyl halides is 3. The molecule has 0 spiro atoms. The maximum atomic E-state index is 14.8. The van der Waals surface area contributed by atoms with Crippen LogP contribution in [0.2, 0.25) is 5.02 Å². The molecule has 2 aliphatic rings. The van der Waals surface area contributed by atoms with E-state index in [0.717, 1.165) is 6.07 Å². The van der Waals surface area contributed by atoms with Gasteiger partial charge in [0.25, 0.3) is 0 Å². The van der Waals surface area contributed by atoms with Gasteiger partial charge in [-0.2, -0.15) is 13.2 Å². The smallest absolute Gasteiger partial charge is 0.406 e. The van der Waals surface area contributed by atoms with E-state index in [0.29, 0.717) is 12.8 Å². The Morgan fingerprint density at radius 2 is 1.73 bits per heavy atom. The van der Waals surface area contributed by atoms with Crippen LogP contribution in [-0.2, 0) is 11.4 Å². The van der Waals surface area contributed by atoms with Gasteiger partial charge in [0, 0.05) is 16.9 Å². The quantitative estimate of drug-likeness (QED) is 0.348. The Labute approximate surface area is 181 Å². The largest absolute Gasteiger partial charge is 0.598 e. The first-order chi connectivity index (χ1) is 13.8. The summed E-state index contributed by atoms with van der Waals surface area (Å²) in [6, 6.07) is 1.55. The number of halogens is 6. The van der Waals surface area contributed by atoms with E-state index in [1.165, 1.54) is 11.0 Å². The normalized spacial score (nSPS) is 22.7. The first-order valence-electron chi connectivity index (χ1n) is 9.91. The van der Waals surface area contributed by atoms with Gasteiger partial charge in [-0.25, -0.2) is 8.78 Å². The molecule has 0 unspecified atom stereocenters. The molecule has 0 amide bonds. The highest BCUT2D eigenvalue weighted by molar-refractivity contribution is 7.90. The Morgan fingerprint density at radius 3 is 2.20 bits per heavy atom. The van der Waals surface area contributed by atoms with Crippen molar-refractivity contribution in [3.63, 3.8) is 0 Å². The van der Waals surface area contributed by atoms with Crippen molar-refractivity contribution in [1.82, 2.24) is 9.62 Å². The summed E-state index contributed by atoms with van der Waals surface area (Å²) in [5, 5.41) is -0.646. The van der Waals surface area contributed by atoms with Gasteiger partial charge in [-0.1, -0.05) is 17.7 Å². The minimum atomic E-state index is -4.28. The number of likely N-dealkylation sites (tertiary alicyclic amines) is 1. The molecule has 1 aliphatic carbocycles. The Bertz CT molecular complexity index is 774. The van der Waals surface area contributed by atoms with Crippen LogP contribution in [0.4, 0.5) is 22.0 Å². The minimum absolute atomic E-state index is 0.0782. The lowest BCUT2D eigenvalue weighted by Crippen LogP contribution is -2.53. The molecule has 1 aromatic rings. The van der Waals surface area contributed by atoms with Gasteiger partial charge < -0.3 is 4.55 Å². The predicted molar refractivity (Wildman–Crippen MR) is 107 cm³/mol. The Hall–Kier alpha value is -0.610. The fourth-order valence-corrected chi connectivity index (χ4v) is 5.12. The van der Waals surface area contributed by atoms with Gasteiger partial charge >= 0.3 is 6.18 Å². The van der Waals surface area contributed by atoms with Crippen molar-refractivity contribution in [2.24, 2.45) is 5.92 Å². The average molecular weight is 473 g/mol. The summed E-state index contributed by atoms with van der Waals surface area (Å²) in [5.74, 6) is -2.10. The number of hydrogen-bond donors (Lipinski definition) is 1. The standard InChI is InChI=1S/C20H26ClF5N2OS/c1-18(2,3)30(29)27-17(13-4-5-14(22)15(21)16(13)23)12-6-10-28(11-7-12)19(8-9-19)20(24,25)26/h4-5,12,17,27H,6-11H2,1-3H3/t17-,30-/m1/s1. The molecule has 3 rings (SSSR count). The number of piperidine rings is 1. The van der Waals surface area contributed by atoms with Gasteiger partial charge in [-0.15, -0.1) is 4.72 Å². The van der Waals surface area contributed by atoms with Crippen molar-refractivity contribution >= 4 is 23.0 Å². The summed E-state index contributed by atoms with van der Waals surface area (Å²) in [7, 11) is 0. The zero-order valence-electron chi connectivity index (χ0n) is 17.1. The van der Waals surface area contributed by atoms with Gasteiger partial charge in [0.15, 0.2) is 0 Å². The van der Waals surface area contributed by atoms with Crippen LogP contribution in [-0.4, -0.2) is 39.0 Å². The third-order valence-electron chi connectivity index (χ3n) is 6.06. The molecule has 1 heterocycles. The molecule has 1 aromatic carbocycles. The maximum Gasteiger partial charge on any atom is 0.406 e. The zero-order valence-corrected chi connectivity index (χ0v) is 18.7. The van der Waals surface area contributed by atoms with Crippen molar-refractivity contribution in [2.45, 2.75) is 69.0 Å². The van der Waals surface area contributed by atoms with Crippen LogP contribution >= 0.6 is 11.6 Å². The minimum Gasteiger partial charge on any atom is -0.598 e. The van der Waals surface area contributed by atoms with Crippen LogP contribution in [0, 0.1) is 17.6 Å². The van der Waals surface area contributed by atoms with Crippen LogP contribution in [0.25, 0.3) is 0 Å². The molecule has 1 saturated heterocycles. The van der Waals surface area contributed by atoms with E-state index in [1.54, 1.807) is 20.8 Å². The van der Waals surface area contributed by atoms with Crippen LogP contribution in [0.15, 0.2) is 12.1 Å². The molecule has 1 N–H and O–H groups in total. The summed E-state index contributed by atoms with van der Waals surface area (Å²) in [4.78, 5) is 1.47. The third-order valence-corrected chi connectivity index (χ3v) is 7.98. The van der Waals surface area contributed by atoms with Crippen molar-refractivity contribution in [2.75, 3.05) is 13.1 Å². The molecule has 2 atom stereocenters. The Morgan fingerprint density at radius 1 is 1.17 bits per heavy atom. The lowest BCUT2D eigenvalue weighted by Gasteiger charge is -2.41. The van der Waals surface area contributed by atoms with E-state index in [9.17, 15) is 26.5 Å². The highest BCUT2D eigenvalue weighted by Crippen LogP contribution is 2.54. The summed E-state index contributed by atoms with van der Waals surface area (Å²) in [5.41, 5.74) is -1.66. The summed E-state index contributed by atoms with van der Waals surface area (Å²) < 4.78 is 83.8. The monoisotopic (exact) mass is 472 g/mol. The molecule has 170 valence electrons. The van der Waals surface area contributed by atoms with Crippen LogP contribution < -0.4 is 4.72 Å². The number of benzene rings is 1. The van der Waals surface area contributed by atoms with Gasteiger partial charge in [-0.05, 0) is 71.5 Å². The van der Waals surface area contributed by atoms with Crippen LogP contribution in [0.1, 0.15) is 58.1 Å². The molecule has 1 saturated carbocycles. The van der Waals surface area contributed by atoms with Crippen LogP contribution in [0.3, 0.4) is 0 Å². The predicted octanol–water partition coefficient (Wildman–Crippen LogP) is 5.52. The zero-order chi connectivity index (χ0) is 22.5. The van der Waals surface area contributed by atoms with E-state index in [2.05, 4.69) is 4.72 Å². The van der Waals surface area contributed by atoms with Gasteiger partial charge in [0.1, 0.15) is 26.9 Å². The maximum absolute atomic E-state index is 14.8. The molecule has 3 nitrogen and oxygen atoms in total. The van der Waals surface area contributed by atoms with Crippen molar-refractivity contribution in [3.05, 3.63) is 34.4 Å². The number of nitrogens with zero attached hydrogens (tertiary/aromatic N) is 1. The first-order valence-corrected chi connectivity index (χ1v) is 11.4. The second-order valence-electron chi connectivity index (χ2n) is 9.10. The fraction of sp³-hybridized carbons (Fsp3) is 0.700. The first kappa shape index (κ1) is 24.0. The highest BCUT2D eigenvalue weighted by Gasteiger charge is 2.66. The van der Waals surface area contributed by atoms with E-state index >= 15 is 0 Å². The SMILES string of the molecule is CC(C)(C)[S@@+]([O-])N[C@@H](c1ccc(F)c(Cl)c1F)C1CCN(C2(C(F)(F)F)CC2)CC1. The molecular formula is C20H26ClF5N2OS. The Balaban J connectivity index is 1.83. The molecule has 2 fully saturated rings. The van der Waals surface area contributed by atoms with Crippen molar-refractivity contribution in [1.29, 1.82) is 0 Å². The van der Waals surface area contributed by atoms with Crippen molar-refractivity contribution in [3.8, 4) is 0 Å². The van der Waals surface area contributed by atoms with E-state index in [4.69, 9.17) is 11.6 Å². The summed E-state index contributed by atoms with van der Waals surface area (Å²) >= 11 is 4.18. The lowest BCUT2D eigenvalue weighted by atomic mass is 9.85. The van der Waals surface area contributed by atoms with Crippen LogP contribution in [0.5, 0.6) is 0 Å². The number of rotatable bonds is 5. The second-order valence-corrected chi connectivity index (χ2v) is 11.5. The molecular weight excluding hydrogens is 447 g/mol. The molecule has 0 aromatic heterocycles. The van der Waals surface area contributed by atoms with Gasteiger partial charge in [0.05, 0.1) is 6.04 Å². The van der Waals surface area contributed by atoms with E-state index in [-0.39, 0.29) is 37.4 Å². The van der Waals surface area contributed by atoms with Gasteiger partial charge in [0.2, 0.25) is 0 Å². The number of nitrogens with one attached hydrogen (secondary N) is 1. The van der Waals surface area contributed by atoms with E-state index < -0.39 is 50.5 Å².